The SMILES string of the molecule is CC(=O)NCC(=O)NCc1cc(C#CCN)ccc1F. The van der Waals surface area contributed by atoms with E-state index in [0.29, 0.717) is 11.1 Å². The number of amides is 2. The second-order valence-corrected chi connectivity index (χ2v) is 4.00. The van der Waals surface area contributed by atoms with Crippen LogP contribution in [-0.4, -0.2) is 24.9 Å². The average molecular weight is 277 g/mol. The van der Waals surface area contributed by atoms with Crippen LogP contribution in [0.15, 0.2) is 18.2 Å². The van der Waals surface area contributed by atoms with Crippen molar-refractivity contribution in [2.45, 2.75) is 13.5 Å². The van der Waals surface area contributed by atoms with E-state index in [2.05, 4.69) is 22.5 Å². The molecule has 0 saturated heterocycles. The standard InChI is InChI=1S/C14H16FN3O2/c1-10(19)17-9-14(20)18-8-12-7-11(3-2-6-16)4-5-13(12)15/h4-5,7H,6,8-9,16H2,1H3,(H,17,19)(H,18,20). The molecule has 20 heavy (non-hydrogen) atoms. The fraction of sp³-hybridized carbons (Fsp3) is 0.286. The van der Waals surface area contributed by atoms with E-state index in [0.717, 1.165) is 0 Å². The molecule has 4 N–H and O–H groups in total. The lowest BCUT2D eigenvalue weighted by molar-refractivity contribution is -0.125. The van der Waals surface area contributed by atoms with Crippen LogP contribution in [0.25, 0.3) is 0 Å². The molecule has 2 amide bonds. The summed E-state index contributed by atoms with van der Waals surface area (Å²) < 4.78 is 13.6. The fourth-order valence-corrected chi connectivity index (χ4v) is 1.40. The Labute approximate surface area is 116 Å². The molecule has 0 saturated carbocycles. The summed E-state index contributed by atoms with van der Waals surface area (Å²) >= 11 is 0. The minimum atomic E-state index is -0.428. The predicted octanol–water partition coefficient (Wildman–Crippen LogP) is -0.112. The summed E-state index contributed by atoms with van der Waals surface area (Å²) in [5.41, 5.74) is 6.21. The summed E-state index contributed by atoms with van der Waals surface area (Å²) in [6.07, 6.45) is 0. The number of hydrogen-bond donors (Lipinski definition) is 3. The van der Waals surface area contributed by atoms with E-state index >= 15 is 0 Å². The smallest absolute Gasteiger partial charge is 0.239 e. The summed E-state index contributed by atoms with van der Waals surface area (Å²) in [5, 5.41) is 4.87. The summed E-state index contributed by atoms with van der Waals surface area (Å²) in [6, 6.07) is 4.38. The van der Waals surface area contributed by atoms with Gasteiger partial charge in [0.15, 0.2) is 0 Å². The van der Waals surface area contributed by atoms with E-state index in [-0.39, 0.29) is 25.5 Å². The third kappa shape index (κ3) is 5.50. The van der Waals surface area contributed by atoms with Gasteiger partial charge in [0.2, 0.25) is 11.8 Å². The number of carbonyl (C=O) groups excluding carboxylic acids is 2. The van der Waals surface area contributed by atoms with Crippen molar-refractivity contribution in [3.05, 3.63) is 35.1 Å². The minimum Gasteiger partial charge on any atom is -0.350 e. The van der Waals surface area contributed by atoms with Gasteiger partial charge >= 0.3 is 0 Å². The van der Waals surface area contributed by atoms with Crippen LogP contribution in [0.5, 0.6) is 0 Å². The van der Waals surface area contributed by atoms with Gasteiger partial charge in [-0.2, -0.15) is 0 Å². The number of nitrogens with one attached hydrogen (secondary N) is 2. The maximum atomic E-state index is 13.6. The Morgan fingerprint density at radius 3 is 2.75 bits per heavy atom. The van der Waals surface area contributed by atoms with Gasteiger partial charge in [0.1, 0.15) is 5.82 Å². The van der Waals surface area contributed by atoms with Crippen molar-refractivity contribution >= 4 is 11.8 Å². The quantitative estimate of drug-likeness (QED) is 0.671. The third-order valence-electron chi connectivity index (χ3n) is 2.35. The number of carbonyl (C=O) groups is 2. The first-order valence-electron chi connectivity index (χ1n) is 6.01. The molecule has 6 heteroatoms. The molecule has 5 nitrogen and oxygen atoms in total. The number of halogens is 1. The van der Waals surface area contributed by atoms with E-state index in [4.69, 9.17) is 5.73 Å². The monoisotopic (exact) mass is 277 g/mol. The van der Waals surface area contributed by atoms with E-state index in [1.807, 2.05) is 0 Å². The largest absolute Gasteiger partial charge is 0.350 e. The highest BCUT2D eigenvalue weighted by atomic mass is 19.1. The van der Waals surface area contributed by atoms with Crippen molar-refractivity contribution in [1.29, 1.82) is 0 Å². The number of benzene rings is 1. The number of nitrogens with two attached hydrogens (primary N) is 1. The van der Waals surface area contributed by atoms with Crippen LogP contribution in [0.1, 0.15) is 18.1 Å². The van der Waals surface area contributed by atoms with Crippen LogP contribution in [-0.2, 0) is 16.1 Å². The van der Waals surface area contributed by atoms with Crippen molar-refractivity contribution in [3.8, 4) is 11.8 Å². The molecule has 0 aliphatic rings. The Morgan fingerprint density at radius 1 is 1.35 bits per heavy atom. The fourth-order valence-electron chi connectivity index (χ4n) is 1.40. The minimum absolute atomic E-state index is 0.0302. The molecule has 0 radical (unpaired) electrons. The Balaban J connectivity index is 2.62. The van der Waals surface area contributed by atoms with Crippen LogP contribution >= 0.6 is 0 Å². The van der Waals surface area contributed by atoms with Gasteiger partial charge in [0.25, 0.3) is 0 Å². The van der Waals surface area contributed by atoms with E-state index in [1.54, 1.807) is 12.1 Å². The predicted molar refractivity (Wildman–Crippen MR) is 72.9 cm³/mol. The Bertz CT molecular complexity index is 561. The van der Waals surface area contributed by atoms with Crippen molar-refractivity contribution in [2.24, 2.45) is 5.73 Å². The first-order chi connectivity index (χ1) is 9.52. The van der Waals surface area contributed by atoms with Gasteiger partial charge in [-0.1, -0.05) is 11.8 Å². The summed E-state index contributed by atoms with van der Waals surface area (Å²) in [6.45, 7) is 1.43. The molecular weight excluding hydrogens is 261 g/mol. The molecule has 0 atom stereocenters. The first-order valence-corrected chi connectivity index (χ1v) is 6.01. The molecule has 0 heterocycles. The highest BCUT2D eigenvalue weighted by Crippen LogP contribution is 2.09. The first kappa shape index (κ1) is 15.7. The molecular formula is C14H16FN3O2. The van der Waals surface area contributed by atoms with Crippen molar-refractivity contribution in [3.63, 3.8) is 0 Å². The van der Waals surface area contributed by atoms with Crippen molar-refractivity contribution in [2.75, 3.05) is 13.1 Å². The van der Waals surface area contributed by atoms with Gasteiger partial charge in [-0.05, 0) is 18.2 Å². The summed E-state index contributed by atoms with van der Waals surface area (Å²) in [5.74, 6) is 4.34. The van der Waals surface area contributed by atoms with E-state index in [1.165, 1.54) is 13.0 Å². The van der Waals surface area contributed by atoms with Gasteiger partial charge in [0, 0.05) is 24.6 Å². The normalized spacial score (nSPS) is 9.35. The molecule has 0 unspecified atom stereocenters. The van der Waals surface area contributed by atoms with Crippen LogP contribution in [0.4, 0.5) is 4.39 Å². The highest BCUT2D eigenvalue weighted by molar-refractivity contribution is 5.83. The molecule has 1 aromatic carbocycles. The molecule has 0 fully saturated rings. The third-order valence-corrected chi connectivity index (χ3v) is 2.35. The summed E-state index contributed by atoms with van der Waals surface area (Å²) in [4.78, 5) is 22.0. The Hall–Kier alpha value is -2.39. The average Bonchev–Trinajstić information content (AvgIpc) is 2.42. The second-order valence-electron chi connectivity index (χ2n) is 4.00. The van der Waals surface area contributed by atoms with Crippen LogP contribution in [0.2, 0.25) is 0 Å². The highest BCUT2D eigenvalue weighted by Gasteiger charge is 2.06. The van der Waals surface area contributed by atoms with Crippen LogP contribution < -0.4 is 16.4 Å². The van der Waals surface area contributed by atoms with Gasteiger partial charge < -0.3 is 16.4 Å². The van der Waals surface area contributed by atoms with Crippen molar-refractivity contribution < 1.29 is 14.0 Å². The molecule has 0 spiro atoms. The molecule has 0 aliphatic heterocycles. The topological polar surface area (TPSA) is 84.2 Å². The zero-order valence-corrected chi connectivity index (χ0v) is 11.1. The molecule has 1 rings (SSSR count). The summed E-state index contributed by atoms with van der Waals surface area (Å²) in [7, 11) is 0. The van der Waals surface area contributed by atoms with Gasteiger partial charge in [0.05, 0.1) is 13.1 Å². The zero-order chi connectivity index (χ0) is 15.0. The maximum absolute atomic E-state index is 13.6. The van der Waals surface area contributed by atoms with Gasteiger partial charge in [-0.15, -0.1) is 0 Å². The number of hydrogen-bond acceptors (Lipinski definition) is 3. The molecule has 1 aromatic rings. The molecule has 0 bridgehead atoms. The van der Waals surface area contributed by atoms with Crippen LogP contribution in [0, 0.1) is 17.7 Å². The second kappa shape index (κ2) is 7.92. The van der Waals surface area contributed by atoms with Gasteiger partial charge in [-0.3, -0.25) is 9.59 Å². The molecule has 106 valence electrons. The van der Waals surface area contributed by atoms with Crippen molar-refractivity contribution in [1.82, 2.24) is 10.6 Å². The molecule has 0 aromatic heterocycles. The number of rotatable bonds is 4. The lowest BCUT2D eigenvalue weighted by atomic mass is 10.1. The van der Waals surface area contributed by atoms with Crippen LogP contribution in [0.3, 0.4) is 0 Å². The Kier molecular flexibility index (Phi) is 6.20. The Morgan fingerprint density at radius 2 is 2.10 bits per heavy atom. The maximum Gasteiger partial charge on any atom is 0.239 e. The van der Waals surface area contributed by atoms with Gasteiger partial charge in [-0.25, -0.2) is 4.39 Å². The lowest BCUT2D eigenvalue weighted by Crippen LogP contribution is -2.35. The van der Waals surface area contributed by atoms with E-state index in [9.17, 15) is 14.0 Å². The lowest BCUT2D eigenvalue weighted by Gasteiger charge is -2.07. The zero-order valence-electron chi connectivity index (χ0n) is 11.1. The molecule has 0 aliphatic carbocycles. The van der Waals surface area contributed by atoms with E-state index < -0.39 is 11.7 Å².